The van der Waals surface area contributed by atoms with Gasteiger partial charge in [0.05, 0.1) is 18.4 Å². The van der Waals surface area contributed by atoms with E-state index in [1.54, 1.807) is 11.0 Å². The van der Waals surface area contributed by atoms with Crippen molar-refractivity contribution < 1.29 is 19.4 Å². The second-order valence-corrected chi connectivity index (χ2v) is 9.43. The molecule has 1 aliphatic carbocycles. The molecule has 2 aromatic heterocycles. The van der Waals surface area contributed by atoms with E-state index in [-0.39, 0.29) is 35.6 Å². The van der Waals surface area contributed by atoms with Crippen LogP contribution in [-0.4, -0.2) is 67.3 Å². The number of nitrogens with one attached hydrogen (secondary N) is 1. The lowest BCUT2D eigenvalue weighted by Crippen LogP contribution is -2.47. The first kappa shape index (κ1) is 23.0. The molecule has 2 aromatic rings. The summed E-state index contributed by atoms with van der Waals surface area (Å²) in [6.07, 6.45) is 6.14. The van der Waals surface area contributed by atoms with Gasteiger partial charge in [0.25, 0.3) is 11.5 Å². The van der Waals surface area contributed by atoms with Gasteiger partial charge >= 0.3 is 0 Å². The molecule has 0 bridgehead atoms. The minimum atomic E-state index is -0.599. The summed E-state index contributed by atoms with van der Waals surface area (Å²) in [5.74, 6) is -1.17. The van der Waals surface area contributed by atoms with Gasteiger partial charge in [0, 0.05) is 37.3 Å². The molecule has 2 fully saturated rings. The third kappa shape index (κ3) is 4.80. The fourth-order valence-electron chi connectivity index (χ4n) is 4.17. The van der Waals surface area contributed by atoms with Gasteiger partial charge in [0.1, 0.15) is 5.65 Å². The Morgan fingerprint density at radius 2 is 1.94 bits per heavy atom. The lowest BCUT2D eigenvalue weighted by molar-refractivity contribution is -0.137. The summed E-state index contributed by atoms with van der Waals surface area (Å²) in [4.78, 5) is 40.4. The Hall–Kier alpha value is -3.14. The number of nitrogens with zero attached hydrogens (tertiary/aromatic N) is 4. The van der Waals surface area contributed by atoms with Gasteiger partial charge in [-0.05, 0) is 38.7 Å². The van der Waals surface area contributed by atoms with E-state index in [4.69, 9.17) is 4.74 Å². The molecule has 0 spiro atoms. The number of hydrogen-bond donors (Lipinski definition) is 2. The highest BCUT2D eigenvalue weighted by molar-refractivity contribution is 5.97. The molecular weight excluding hydrogens is 426 g/mol. The third-order valence-corrected chi connectivity index (χ3v) is 5.73. The van der Waals surface area contributed by atoms with E-state index >= 15 is 0 Å². The van der Waals surface area contributed by atoms with Gasteiger partial charge in [0.15, 0.2) is 5.56 Å². The van der Waals surface area contributed by atoms with Gasteiger partial charge in [0.2, 0.25) is 11.8 Å². The first-order valence-electron chi connectivity index (χ1n) is 11.4. The van der Waals surface area contributed by atoms with Crippen molar-refractivity contribution in [1.82, 2.24) is 24.4 Å². The summed E-state index contributed by atoms with van der Waals surface area (Å²) in [5.41, 5.74) is -0.0629. The molecule has 3 heterocycles. The Labute approximate surface area is 191 Å². The van der Waals surface area contributed by atoms with E-state index in [9.17, 15) is 19.5 Å². The van der Waals surface area contributed by atoms with Crippen LogP contribution in [0.5, 0.6) is 5.88 Å². The number of amides is 2. The van der Waals surface area contributed by atoms with Crippen LogP contribution in [0.2, 0.25) is 0 Å². The zero-order chi connectivity index (χ0) is 23.9. The molecule has 2 N–H and O–H groups in total. The number of rotatable bonds is 6. The van der Waals surface area contributed by atoms with Crippen molar-refractivity contribution >= 4 is 23.5 Å². The SMILES string of the molecule is CC(C)Cn1c(=O)c(C(=O)NC2CC2)c(O)n2ncc(/C=C/C(=O)N3C[C@H](C)O[C@@H](C)C3)c12. The van der Waals surface area contributed by atoms with Crippen LogP contribution in [0.15, 0.2) is 17.1 Å². The number of hydrogen-bond acceptors (Lipinski definition) is 6. The second kappa shape index (κ2) is 9.01. The average Bonchev–Trinajstić information content (AvgIpc) is 3.44. The van der Waals surface area contributed by atoms with Crippen molar-refractivity contribution in [3.05, 3.63) is 33.8 Å². The van der Waals surface area contributed by atoms with Crippen LogP contribution < -0.4 is 10.9 Å². The van der Waals surface area contributed by atoms with Crippen LogP contribution in [-0.2, 0) is 16.1 Å². The first-order chi connectivity index (χ1) is 15.7. The number of carbonyl (C=O) groups is 2. The summed E-state index contributed by atoms with van der Waals surface area (Å²) >= 11 is 0. The number of ether oxygens (including phenoxy) is 1. The summed E-state index contributed by atoms with van der Waals surface area (Å²) in [6, 6.07) is 0.0401. The minimum absolute atomic E-state index is 0.0401. The monoisotopic (exact) mass is 457 g/mol. The Balaban J connectivity index is 1.72. The predicted octanol–water partition coefficient (Wildman–Crippen LogP) is 1.40. The number of aromatic hydroxyl groups is 1. The molecule has 0 aromatic carbocycles. The summed E-state index contributed by atoms with van der Waals surface area (Å²) in [6.45, 7) is 9.09. The molecular formula is C23H31N5O5. The number of morpholine rings is 1. The zero-order valence-electron chi connectivity index (χ0n) is 19.4. The largest absolute Gasteiger partial charge is 0.492 e. The average molecular weight is 458 g/mol. The fourth-order valence-corrected chi connectivity index (χ4v) is 4.17. The van der Waals surface area contributed by atoms with Crippen molar-refractivity contribution in [1.29, 1.82) is 0 Å². The number of fused-ring (bicyclic) bond motifs is 1. The highest BCUT2D eigenvalue weighted by Gasteiger charge is 2.30. The quantitative estimate of drug-likeness (QED) is 0.633. The highest BCUT2D eigenvalue weighted by atomic mass is 16.5. The number of aromatic nitrogens is 3. The predicted molar refractivity (Wildman–Crippen MR) is 122 cm³/mol. The van der Waals surface area contributed by atoms with Crippen LogP contribution in [0.4, 0.5) is 0 Å². The molecule has 4 rings (SSSR count). The molecule has 1 saturated carbocycles. The van der Waals surface area contributed by atoms with Gasteiger partial charge in [-0.25, -0.2) is 0 Å². The van der Waals surface area contributed by atoms with E-state index < -0.39 is 17.3 Å². The maximum Gasteiger partial charge on any atom is 0.270 e. The highest BCUT2D eigenvalue weighted by Crippen LogP contribution is 2.23. The van der Waals surface area contributed by atoms with E-state index in [1.807, 2.05) is 27.7 Å². The molecule has 1 saturated heterocycles. The molecule has 10 heteroatoms. The van der Waals surface area contributed by atoms with Crippen LogP contribution in [0.25, 0.3) is 11.7 Å². The van der Waals surface area contributed by atoms with E-state index in [1.165, 1.54) is 21.4 Å². The Kier molecular flexibility index (Phi) is 6.29. The van der Waals surface area contributed by atoms with Crippen LogP contribution in [0.1, 0.15) is 56.5 Å². The maximum absolute atomic E-state index is 13.3. The summed E-state index contributed by atoms with van der Waals surface area (Å²) in [7, 11) is 0. The smallest absolute Gasteiger partial charge is 0.270 e. The molecule has 1 aliphatic heterocycles. The Morgan fingerprint density at radius 3 is 2.55 bits per heavy atom. The van der Waals surface area contributed by atoms with Crippen LogP contribution in [0.3, 0.4) is 0 Å². The Morgan fingerprint density at radius 1 is 1.27 bits per heavy atom. The summed E-state index contributed by atoms with van der Waals surface area (Å²) < 4.78 is 8.32. The fraction of sp³-hybridized carbons (Fsp3) is 0.565. The topological polar surface area (TPSA) is 118 Å². The van der Waals surface area contributed by atoms with Crippen molar-refractivity contribution in [3.8, 4) is 5.88 Å². The Bertz CT molecular complexity index is 1150. The second-order valence-electron chi connectivity index (χ2n) is 9.43. The molecule has 2 atom stereocenters. The lowest BCUT2D eigenvalue weighted by atomic mass is 10.2. The lowest BCUT2D eigenvalue weighted by Gasteiger charge is -2.34. The van der Waals surface area contributed by atoms with Crippen LogP contribution in [0, 0.1) is 5.92 Å². The van der Waals surface area contributed by atoms with Gasteiger partial charge in [-0.15, -0.1) is 0 Å². The third-order valence-electron chi connectivity index (χ3n) is 5.73. The minimum Gasteiger partial charge on any atom is -0.492 e. The number of carbonyl (C=O) groups excluding carboxylic acids is 2. The standard InChI is InChI=1S/C23H31N5O5/c1-13(2)10-27-21-16(5-8-18(29)26-11-14(3)33-15(4)12-26)9-24-28(21)23(32)19(22(27)31)20(30)25-17-6-7-17/h5,8-9,13-15,17,32H,6-7,10-12H2,1-4H3,(H,25,30)/b8-5+/t14-,15-/m0/s1. The van der Waals surface area contributed by atoms with Crippen molar-refractivity contribution in [2.45, 2.75) is 65.3 Å². The summed E-state index contributed by atoms with van der Waals surface area (Å²) in [5, 5.41) is 17.7. The van der Waals surface area contributed by atoms with E-state index in [0.29, 0.717) is 30.8 Å². The molecule has 2 amide bonds. The zero-order valence-corrected chi connectivity index (χ0v) is 19.4. The molecule has 10 nitrogen and oxygen atoms in total. The van der Waals surface area contributed by atoms with Gasteiger partial charge in [-0.1, -0.05) is 13.8 Å². The van der Waals surface area contributed by atoms with E-state index in [0.717, 1.165) is 12.8 Å². The van der Waals surface area contributed by atoms with Crippen molar-refractivity contribution in [2.75, 3.05) is 13.1 Å². The van der Waals surface area contributed by atoms with Gasteiger partial charge in [-0.2, -0.15) is 9.61 Å². The maximum atomic E-state index is 13.3. The molecule has 0 unspecified atom stereocenters. The van der Waals surface area contributed by atoms with Gasteiger partial charge in [-0.3, -0.25) is 19.0 Å². The first-order valence-corrected chi connectivity index (χ1v) is 11.4. The molecule has 178 valence electrons. The molecule has 2 aliphatic rings. The van der Waals surface area contributed by atoms with Gasteiger partial charge < -0.3 is 20.1 Å². The van der Waals surface area contributed by atoms with E-state index in [2.05, 4.69) is 10.4 Å². The normalized spacial score (nSPS) is 21.3. The van der Waals surface area contributed by atoms with Crippen LogP contribution >= 0.6 is 0 Å². The molecule has 33 heavy (non-hydrogen) atoms. The van der Waals surface area contributed by atoms with Crippen molar-refractivity contribution in [3.63, 3.8) is 0 Å². The molecule has 0 radical (unpaired) electrons. The van der Waals surface area contributed by atoms with Crippen molar-refractivity contribution in [2.24, 2.45) is 5.92 Å².